The third-order valence-electron chi connectivity index (χ3n) is 2.75. The lowest BCUT2D eigenvalue weighted by atomic mass is 10.0. The molecular weight excluding hydrogens is 298 g/mol. The molecule has 0 aliphatic carbocycles. The largest absolute Gasteiger partial charge is 0.481 e. The van der Waals surface area contributed by atoms with Gasteiger partial charge in [-0.2, -0.15) is 5.10 Å². The number of ether oxygens (including phenoxy) is 1. The number of aromatic nitrogens is 3. The number of carboxylic acid groups (broad SMARTS) is 1. The fraction of sp³-hybridized carbons (Fsp3) is 0.333. The number of nitrogens with zero attached hydrogens (tertiary/aromatic N) is 3. The molecule has 0 aromatic carbocycles. The van der Waals surface area contributed by atoms with Crippen LogP contribution in [0.5, 0.6) is 5.88 Å². The number of methoxy groups -OCH3 is 1. The Bertz CT molecular complexity index is 714. The lowest BCUT2D eigenvalue weighted by Gasteiger charge is -2.07. The van der Waals surface area contributed by atoms with E-state index in [2.05, 4.69) is 20.2 Å². The van der Waals surface area contributed by atoms with E-state index in [-0.39, 0.29) is 0 Å². The van der Waals surface area contributed by atoms with Gasteiger partial charge in [0, 0.05) is 29.9 Å². The number of nitrogens with one attached hydrogen (secondary N) is 1. The molecule has 4 N–H and O–H groups in total. The maximum Gasteiger partial charge on any atom is 0.300 e. The van der Waals surface area contributed by atoms with Crippen LogP contribution in [0, 0.1) is 13.8 Å². The molecule has 2 aromatic rings. The van der Waals surface area contributed by atoms with Crippen LogP contribution in [0.3, 0.4) is 0 Å². The number of amidine groups is 1. The van der Waals surface area contributed by atoms with Crippen LogP contribution >= 0.6 is 0 Å². The number of hydrogen-bond donors (Lipinski definition) is 3. The molecule has 124 valence electrons. The van der Waals surface area contributed by atoms with Crippen LogP contribution in [-0.4, -0.2) is 39.2 Å². The van der Waals surface area contributed by atoms with Crippen LogP contribution in [-0.2, 0) is 4.79 Å². The summed E-state index contributed by atoms with van der Waals surface area (Å²) in [6.45, 7) is 6.68. The van der Waals surface area contributed by atoms with Crippen molar-refractivity contribution >= 4 is 17.6 Å². The summed E-state index contributed by atoms with van der Waals surface area (Å²) >= 11 is 0. The Kier molecular flexibility index (Phi) is 6.25. The molecule has 0 radical (unpaired) electrons. The molecule has 0 bridgehead atoms. The first-order chi connectivity index (χ1) is 10.8. The molecule has 0 atom stereocenters. The summed E-state index contributed by atoms with van der Waals surface area (Å²) in [5, 5.41) is 14.5. The fourth-order valence-electron chi connectivity index (χ4n) is 1.90. The van der Waals surface area contributed by atoms with Gasteiger partial charge in [-0.1, -0.05) is 0 Å². The molecule has 0 amide bonds. The van der Waals surface area contributed by atoms with Crippen molar-refractivity contribution in [1.29, 1.82) is 0 Å². The number of aromatic amines is 1. The van der Waals surface area contributed by atoms with E-state index < -0.39 is 5.97 Å². The van der Waals surface area contributed by atoms with E-state index in [9.17, 15) is 0 Å². The minimum absolute atomic E-state index is 0.465. The Balaban J connectivity index is 0.000000593. The summed E-state index contributed by atoms with van der Waals surface area (Å²) in [6, 6.07) is 3.77. The molecule has 23 heavy (non-hydrogen) atoms. The van der Waals surface area contributed by atoms with Crippen molar-refractivity contribution in [3.8, 4) is 17.0 Å². The monoisotopic (exact) mass is 319 g/mol. The fourth-order valence-corrected chi connectivity index (χ4v) is 1.90. The van der Waals surface area contributed by atoms with E-state index in [4.69, 9.17) is 20.4 Å². The number of aryl methyl sites for hydroxylation is 2. The topological polar surface area (TPSA) is 126 Å². The van der Waals surface area contributed by atoms with Crippen molar-refractivity contribution in [2.45, 2.75) is 27.7 Å². The smallest absolute Gasteiger partial charge is 0.300 e. The predicted molar refractivity (Wildman–Crippen MR) is 88.1 cm³/mol. The van der Waals surface area contributed by atoms with Crippen LogP contribution < -0.4 is 10.5 Å². The van der Waals surface area contributed by atoms with Gasteiger partial charge in [0.05, 0.1) is 18.5 Å². The van der Waals surface area contributed by atoms with E-state index in [1.165, 1.54) is 0 Å². The minimum atomic E-state index is -0.833. The molecule has 2 heterocycles. The van der Waals surface area contributed by atoms with Crippen LogP contribution in [0.1, 0.15) is 25.2 Å². The third-order valence-corrected chi connectivity index (χ3v) is 2.75. The molecule has 8 heteroatoms. The highest BCUT2D eigenvalue weighted by molar-refractivity contribution is 5.85. The number of carboxylic acids is 1. The normalized spacial score (nSPS) is 10.7. The molecule has 0 spiro atoms. The number of hydrogen-bond acceptors (Lipinski definition) is 5. The first kappa shape index (κ1) is 18.1. The van der Waals surface area contributed by atoms with E-state index in [0.717, 1.165) is 29.4 Å². The summed E-state index contributed by atoms with van der Waals surface area (Å²) in [5.74, 6) is 0.793. The van der Waals surface area contributed by atoms with Gasteiger partial charge in [0.25, 0.3) is 5.97 Å². The van der Waals surface area contributed by atoms with Crippen molar-refractivity contribution in [3.63, 3.8) is 0 Å². The second-order valence-corrected chi connectivity index (χ2v) is 4.81. The molecule has 0 unspecified atom stereocenters. The Morgan fingerprint density at radius 2 is 1.96 bits per heavy atom. The van der Waals surface area contributed by atoms with Crippen molar-refractivity contribution in [1.82, 2.24) is 15.2 Å². The third kappa shape index (κ3) is 5.10. The van der Waals surface area contributed by atoms with E-state index in [1.807, 2.05) is 26.0 Å². The van der Waals surface area contributed by atoms with Gasteiger partial charge < -0.3 is 15.6 Å². The molecule has 0 saturated heterocycles. The first-order valence-corrected chi connectivity index (χ1v) is 6.83. The zero-order valence-corrected chi connectivity index (χ0v) is 13.8. The van der Waals surface area contributed by atoms with Crippen LogP contribution in [0.25, 0.3) is 11.1 Å². The second kappa shape index (κ2) is 7.92. The molecule has 2 rings (SSSR count). The number of aliphatic imine (C=N–C) groups is 1. The molecule has 0 saturated carbocycles. The Morgan fingerprint density at radius 1 is 1.35 bits per heavy atom. The lowest BCUT2D eigenvalue weighted by molar-refractivity contribution is -0.134. The highest BCUT2D eigenvalue weighted by atomic mass is 16.5. The van der Waals surface area contributed by atoms with Gasteiger partial charge in [0.1, 0.15) is 0 Å². The van der Waals surface area contributed by atoms with Crippen LogP contribution in [0.2, 0.25) is 0 Å². The average molecular weight is 319 g/mol. The van der Waals surface area contributed by atoms with Crippen LogP contribution in [0.4, 0.5) is 5.82 Å². The zero-order chi connectivity index (χ0) is 17.6. The Hall–Kier alpha value is -2.90. The van der Waals surface area contributed by atoms with E-state index in [1.54, 1.807) is 14.0 Å². The molecule has 0 aliphatic rings. The van der Waals surface area contributed by atoms with Crippen molar-refractivity contribution in [2.24, 2.45) is 10.7 Å². The zero-order valence-electron chi connectivity index (χ0n) is 13.8. The van der Waals surface area contributed by atoms with Gasteiger partial charge in [-0.25, -0.2) is 9.98 Å². The van der Waals surface area contributed by atoms with Gasteiger partial charge in [-0.05, 0) is 26.8 Å². The maximum atomic E-state index is 9.00. The quantitative estimate of drug-likeness (QED) is 0.588. The van der Waals surface area contributed by atoms with Crippen molar-refractivity contribution in [3.05, 3.63) is 23.5 Å². The van der Waals surface area contributed by atoms with Gasteiger partial charge in [0.2, 0.25) is 5.88 Å². The average Bonchev–Trinajstić information content (AvgIpc) is 2.78. The number of aliphatic carboxylic acids is 1. The highest BCUT2D eigenvalue weighted by Gasteiger charge is 2.15. The number of H-pyrrole nitrogens is 1. The first-order valence-electron chi connectivity index (χ1n) is 6.83. The van der Waals surface area contributed by atoms with Gasteiger partial charge >= 0.3 is 0 Å². The lowest BCUT2D eigenvalue weighted by Crippen LogP contribution is -2.04. The molecule has 2 aromatic heterocycles. The number of nitrogens with two attached hydrogens (primary N) is 1. The summed E-state index contributed by atoms with van der Waals surface area (Å²) in [5.41, 5.74) is 9.29. The van der Waals surface area contributed by atoms with Crippen LogP contribution in [0.15, 0.2) is 17.1 Å². The van der Waals surface area contributed by atoms with E-state index in [0.29, 0.717) is 17.5 Å². The SMILES string of the molecule is CC(=O)O.COc1ccc(-c2c(N=C(C)N)n[nH]c2C)c(C)n1. The number of carbonyl (C=O) groups is 1. The summed E-state index contributed by atoms with van der Waals surface area (Å²) < 4.78 is 5.11. The standard InChI is InChI=1S/C13H17N5O.C2H4O2/c1-7-10(5-6-11(15-7)19-4)12-8(2)17-18-13(12)16-9(3)14;1-2(3)4/h5-6H,1-4H3,(H3,14,16,17,18);1H3,(H,3,4). The molecule has 0 aliphatic heterocycles. The van der Waals surface area contributed by atoms with Gasteiger partial charge in [-0.15, -0.1) is 0 Å². The summed E-state index contributed by atoms with van der Waals surface area (Å²) in [7, 11) is 1.60. The molecular formula is C15H21N5O3. The maximum absolute atomic E-state index is 9.00. The second-order valence-electron chi connectivity index (χ2n) is 4.81. The van der Waals surface area contributed by atoms with E-state index >= 15 is 0 Å². The Morgan fingerprint density at radius 3 is 2.43 bits per heavy atom. The van der Waals surface area contributed by atoms with Gasteiger partial charge in [0.15, 0.2) is 5.82 Å². The molecule has 8 nitrogen and oxygen atoms in total. The van der Waals surface area contributed by atoms with Crippen molar-refractivity contribution in [2.75, 3.05) is 7.11 Å². The number of rotatable bonds is 3. The van der Waals surface area contributed by atoms with Crippen molar-refractivity contribution < 1.29 is 14.6 Å². The summed E-state index contributed by atoms with van der Waals surface area (Å²) in [4.78, 5) is 17.6. The van der Waals surface area contributed by atoms with Gasteiger partial charge in [-0.3, -0.25) is 9.89 Å². The summed E-state index contributed by atoms with van der Waals surface area (Å²) in [6.07, 6.45) is 0. The molecule has 0 fully saturated rings. The Labute approximate surface area is 134 Å². The minimum Gasteiger partial charge on any atom is -0.481 e. The number of pyridine rings is 1. The predicted octanol–water partition coefficient (Wildman–Crippen LogP) is 2.20. The highest BCUT2D eigenvalue weighted by Crippen LogP contribution is 2.33.